The number of pyridine rings is 1. The molecule has 102 valence electrons. The molecule has 1 rings (SSSR count). The maximum atomic E-state index is 4.40. The Morgan fingerprint density at radius 3 is 2.83 bits per heavy atom. The Kier molecular flexibility index (Phi) is 6.73. The van der Waals surface area contributed by atoms with E-state index in [2.05, 4.69) is 55.2 Å². The lowest BCUT2D eigenvalue weighted by atomic mass is 10.1. The molecule has 18 heavy (non-hydrogen) atoms. The van der Waals surface area contributed by atoms with Crippen LogP contribution in [-0.4, -0.2) is 25.1 Å². The van der Waals surface area contributed by atoms with Crippen LogP contribution in [0.3, 0.4) is 0 Å². The minimum Gasteiger partial charge on any atom is -0.374 e. The lowest BCUT2D eigenvalue weighted by Gasteiger charge is -2.23. The van der Waals surface area contributed by atoms with Gasteiger partial charge in [0.15, 0.2) is 0 Å². The highest BCUT2D eigenvalue weighted by molar-refractivity contribution is 5.45. The highest BCUT2D eigenvalue weighted by Gasteiger charge is 2.06. The zero-order valence-corrected chi connectivity index (χ0v) is 12.2. The van der Waals surface area contributed by atoms with E-state index in [-0.39, 0.29) is 0 Å². The lowest BCUT2D eigenvalue weighted by Crippen LogP contribution is -2.24. The van der Waals surface area contributed by atoms with Crippen LogP contribution in [0, 0.1) is 5.92 Å². The topological polar surface area (TPSA) is 28.2 Å². The smallest absolute Gasteiger partial charge is 0.0562 e. The molecule has 0 fully saturated rings. The Balaban J connectivity index is 2.57. The lowest BCUT2D eigenvalue weighted by molar-refractivity contribution is 0.559. The van der Waals surface area contributed by atoms with Crippen molar-refractivity contribution in [2.24, 2.45) is 5.92 Å². The molecule has 0 aliphatic carbocycles. The van der Waals surface area contributed by atoms with Crippen LogP contribution >= 0.6 is 0 Å². The van der Waals surface area contributed by atoms with Crippen LogP contribution < -0.4 is 10.2 Å². The van der Waals surface area contributed by atoms with Crippen molar-refractivity contribution in [1.29, 1.82) is 0 Å². The first kappa shape index (κ1) is 15.0. The Morgan fingerprint density at radius 2 is 2.17 bits per heavy atom. The van der Waals surface area contributed by atoms with Crippen LogP contribution in [0.25, 0.3) is 0 Å². The highest BCUT2D eigenvalue weighted by Crippen LogP contribution is 2.15. The summed E-state index contributed by atoms with van der Waals surface area (Å²) in [4.78, 5) is 6.72. The van der Waals surface area contributed by atoms with Crippen molar-refractivity contribution in [3.8, 4) is 0 Å². The molecule has 1 unspecified atom stereocenters. The summed E-state index contributed by atoms with van der Waals surface area (Å²) >= 11 is 0. The van der Waals surface area contributed by atoms with Crippen LogP contribution in [0.1, 0.15) is 39.3 Å². The molecule has 0 aromatic carbocycles. The van der Waals surface area contributed by atoms with Gasteiger partial charge in [0.05, 0.1) is 5.69 Å². The molecule has 0 amide bonds. The van der Waals surface area contributed by atoms with Gasteiger partial charge in [-0.3, -0.25) is 4.98 Å². The second-order valence-electron chi connectivity index (χ2n) is 5.08. The van der Waals surface area contributed by atoms with E-state index in [0.29, 0.717) is 0 Å². The number of nitrogens with zero attached hydrogens (tertiary/aromatic N) is 2. The predicted molar refractivity (Wildman–Crippen MR) is 79.0 cm³/mol. The molecule has 3 heteroatoms. The van der Waals surface area contributed by atoms with Gasteiger partial charge >= 0.3 is 0 Å². The van der Waals surface area contributed by atoms with Crippen LogP contribution in [0.5, 0.6) is 0 Å². The van der Waals surface area contributed by atoms with Crippen molar-refractivity contribution in [2.75, 3.05) is 25.0 Å². The molecule has 3 nitrogen and oxygen atoms in total. The van der Waals surface area contributed by atoms with Gasteiger partial charge in [-0.1, -0.05) is 27.2 Å². The van der Waals surface area contributed by atoms with E-state index >= 15 is 0 Å². The fourth-order valence-corrected chi connectivity index (χ4v) is 1.89. The number of rotatable bonds is 8. The van der Waals surface area contributed by atoms with Crippen LogP contribution in [0.4, 0.5) is 5.69 Å². The largest absolute Gasteiger partial charge is 0.374 e. The average molecular weight is 249 g/mol. The number of hydrogen-bond donors (Lipinski definition) is 1. The second-order valence-corrected chi connectivity index (χ2v) is 5.08. The molecular formula is C15H27N3. The summed E-state index contributed by atoms with van der Waals surface area (Å²) in [6.45, 7) is 9.72. The molecule has 1 heterocycles. The van der Waals surface area contributed by atoms with Crippen molar-refractivity contribution in [2.45, 2.75) is 40.2 Å². The summed E-state index contributed by atoms with van der Waals surface area (Å²) in [6.07, 6.45) is 4.29. The van der Waals surface area contributed by atoms with E-state index in [4.69, 9.17) is 0 Å². The van der Waals surface area contributed by atoms with E-state index in [1.165, 1.54) is 12.1 Å². The molecule has 0 aliphatic rings. The molecule has 1 N–H and O–H groups in total. The summed E-state index contributed by atoms with van der Waals surface area (Å²) in [7, 11) is 2.16. The van der Waals surface area contributed by atoms with Gasteiger partial charge in [-0.25, -0.2) is 0 Å². The monoisotopic (exact) mass is 249 g/mol. The van der Waals surface area contributed by atoms with E-state index in [0.717, 1.165) is 37.7 Å². The standard InChI is InChI=1S/C15H27N3/c1-5-8-16-11-14-10-15(7-9-17-14)18(4)12-13(3)6-2/h7,9-10,13,16H,5-6,8,11-12H2,1-4H3. The van der Waals surface area contributed by atoms with Gasteiger partial charge in [0.1, 0.15) is 0 Å². The van der Waals surface area contributed by atoms with Crippen molar-refractivity contribution in [3.05, 3.63) is 24.0 Å². The third kappa shape index (κ3) is 5.05. The maximum absolute atomic E-state index is 4.40. The number of nitrogens with one attached hydrogen (secondary N) is 1. The molecule has 0 bridgehead atoms. The average Bonchev–Trinajstić information content (AvgIpc) is 2.39. The first-order valence-electron chi connectivity index (χ1n) is 7.04. The molecule has 0 saturated carbocycles. The number of aromatic nitrogens is 1. The zero-order chi connectivity index (χ0) is 13.4. The van der Waals surface area contributed by atoms with E-state index in [9.17, 15) is 0 Å². The minimum absolute atomic E-state index is 0.727. The Morgan fingerprint density at radius 1 is 1.39 bits per heavy atom. The van der Waals surface area contributed by atoms with Gasteiger partial charge in [-0.15, -0.1) is 0 Å². The number of anilines is 1. The normalized spacial score (nSPS) is 12.4. The van der Waals surface area contributed by atoms with E-state index < -0.39 is 0 Å². The fourth-order valence-electron chi connectivity index (χ4n) is 1.89. The van der Waals surface area contributed by atoms with E-state index in [1.54, 1.807) is 0 Å². The van der Waals surface area contributed by atoms with Crippen LogP contribution in [0.15, 0.2) is 18.3 Å². The summed E-state index contributed by atoms with van der Waals surface area (Å²) in [5.41, 5.74) is 2.38. The summed E-state index contributed by atoms with van der Waals surface area (Å²) in [5, 5.41) is 3.39. The van der Waals surface area contributed by atoms with Gasteiger partial charge in [0.2, 0.25) is 0 Å². The van der Waals surface area contributed by atoms with E-state index in [1.807, 2.05) is 6.20 Å². The number of hydrogen-bond acceptors (Lipinski definition) is 3. The zero-order valence-electron chi connectivity index (χ0n) is 12.2. The molecule has 0 saturated heterocycles. The first-order valence-corrected chi connectivity index (χ1v) is 7.04. The van der Waals surface area contributed by atoms with Gasteiger partial charge in [0, 0.05) is 32.0 Å². The molecule has 1 atom stereocenters. The molecule has 0 radical (unpaired) electrons. The van der Waals surface area contributed by atoms with Crippen molar-refractivity contribution >= 4 is 5.69 Å². The summed E-state index contributed by atoms with van der Waals surface area (Å²) in [6, 6.07) is 4.27. The predicted octanol–water partition coefficient (Wildman–Crippen LogP) is 3.06. The Hall–Kier alpha value is -1.09. The van der Waals surface area contributed by atoms with Gasteiger partial charge < -0.3 is 10.2 Å². The van der Waals surface area contributed by atoms with Crippen molar-refractivity contribution in [1.82, 2.24) is 10.3 Å². The van der Waals surface area contributed by atoms with Gasteiger partial charge in [-0.05, 0) is 31.0 Å². The summed E-state index contributed by atoms with van der Waals surface area (Å²) in [5.74, 6) is 0.727. The molecule has 1 aromatic rings. The van der Waals surface area contributed by atoms with Crippen LogP contribution in [0.2, 0.25) is 0 Å². The highest BCUT2D eigenvalue weighted by atomic mass is 15.1. The van der Waals surface area contributed by atoms with Crippen molar-refractivity contribution in [3.63, 3.8) is 0 Å². The Labute approximate surface area is 112 Å². The maximum Gasteiger partial charge on any atom is 0.0562 e. The van der Waals surface area contributed by atoms with Gasteiger partial charge in [-0.2, -0.15) is 0 Å². The Bertz CT molecular complexity index is 338. The van der Waals surface area contributed by atoms with Crippen LogP contribution in [-0.2, 0) is 6.54 Å². The first-order chi connectivity index (χ1) is 8.67. The molecule has 0 aliphatic heterocycles. The third-order valence-corrected chi connectivity index (χ3v) is 3.26. The fraction of sp³-hybridized carbons (Fsp3) is 0.667. The molecule has 0 spiro atoms. The molecule has 1 aromatic heterocycles. The second kappa shape index (κ2) is 8.09. The third-order valence-electron chi connectivity index (χ3n) is 3.26. The van der Waals surface area contributed by atoms with Gasteiger partial charge in [0.25, 0.3) is 0 Å². The van der Waals surface area contributed by atoms with Crippen molar-refractivity contribution < 1.29 is 0 Å². The summed E-state index contributed by atoms with van der Waals surface area (Å²) < 4.78 is 0. The quantitative estimate of drug-likeness (QED) is 0.718. The molecular weight excluding hydrogens is 222 g/mol. The minimum atomic E-state index is 0.727. The SMILES string of the molecule is CCCNCc1cc(N(C)CC(C)CC)ccn1.